The number of hydrogen-bond acceptors (Lipinski definition) is 3. The van der Waals surface area contributed by atoms with E-state index in [4.69, 9.17) is 4.74 Å². The van der Waals surface area contributed by atoms with Crippen molar-refractivity contribution in [3.05, 3.63) is 35.9 Å². The molecule has 4 nitrogen and oxygen atoms in total. The van der Waals surface area contributed by atoms with Crippen LogP contribution >= 0.6 is 0 Å². The highest BCUT2D eigenvalue weighted by molar-refractivity contribution is 5.70. The Morgan fingerprint density at radius 1 is 1.27 bits per heavy atom. The highest BCUT2D eigenvalue weighted by Crippen LogP contribution is 2.61. The minimum atomic E-state index is -0.479. The topological polar surface area (TPSA) is 41.6 Å². The molecule has 1 amide bonds. The van der Waals surface area contributed by atoms with Crippen LogP contribution in [0, 0.1) is 5.92 Å². The number of rotatable bonds is 5. The second-order valence-corrected chi connectivity index (χ2v) is 9.21. The fourth-order valence-corrected chi connectivity index (χ4v) is 4.86. The zero-order chi connectivity index (χ0) is 19.0. The average Bonchev–Trinajstić information content (AvgIpc) is 3.30. The molecule has 144 valence electrons. The third-order valence-electron chi connectivity index (χ3n) is 6.04. The van der Waals surface area contributed by atoms with Crippen molar-refractivity contribution in [2.45, 2.75) is 83.5 Å². The highest BCUT2D eigenvalue weighted by Gasteiger charge is 2.67. The van der Waals surface area contributed by atoms with E-state index < -0.39 is 5.60 Å². The number of hydrogen-bond donors (Lipinski definition) is 1. The Labute approximate surface area is 158 Å². The molecule has 1 N–H and O–H groups in total. The Hall–Kier alpha value is -1.55. The van der Waals surface area contributed by atoms with E-state index in [1.54, 1.807) is 0 Å². The van der Waals surface area contributed by atoms with Crippen molar-refractivity contribution in [3.8, 4) is 0 Å². The van der Waals surface area contributed by atoms with E-state index in [1.807, 2.05) is 43.9 Å². The van der Waals surface area contributed by atoms with Gasteiger partial charge in [0.05, 0.1) is 5.54 Å². The van der Waals surface area contributed by atoms with Gasteiger partial charge in [0.25, 0.3) is 0 Å². The van der Waals surface area contributed by atoms with Crippen LogP contribution in [0.2, 0.25) is 0 Å². The van der Waals surface area contributed by atoms with Crippen LogP contribution in [0.15, 0.2) is 30.3 Å². The lowest BCUT2D eigenvalue weighted by Gasteiger charge is -2.43. The SMILES string of the molecule is CCN[C@@]1(C)CCC[C@]2(N(Cc3ccccc3)C(=O)OC(C)(C)C)C[C@H]21. The predicted octanol–water partition coefficient (Wildman–Crippen LogP) is 4.73. The smallest absolute Gasteiger partial charge is 0.411 e. The summed E-state index contributed by atoms with van der Waals surface area (Å²) in [5.41, 5.74) is 0.735. The molecule has 26 heavy (non-hydrogen) atoms. The molecule has 2 fully saturated rings. The van der Waals surface area contributed by atoms with E-state index in [0.717, 1.165) is 31.4 Å². The monoisotopic (exact) mass is 358 g/mol. The minimum Gasteiger partial charge on any atom is -0.444 e. The van der Waals surface area contributed by atoms with Crippen molar-refractivity contribution in [3.63, 3.8) is 0 Å². The molecule has 1 aromatic rings. The van der Waals surface area contributed by atoms with Gasteiger partial charge >= 0.3 is 6.09 Å². The molecule has 2 aliphatic rings. The molecule has 0 radical (unpaired) electrons. The average molecular weight is 359 g/mol. The molecule has 3 atom stereocenters. The van der Waals surface area contributed by atoms with Gasteiger partial charge in [-0.15, -0.1) is 0 Å². The number of carbonyl (C=O) groups excluding carboxylic acids is 1. The first-order chi connectivity index (χ1) is 12.2. The van der Waals surface area contributed by atoms with Crippen LogP contribution in [0.1, 0.15) is 65.9 Å². The van der Waals surface area contributed by atoms with Crippen LogP contribution in [-0.4, -0.2) is 34.2 Å². The fourth-order valence-electron chi connectivity index (χ4n) is 4.86. The first-order valence-corrected chi connectivity index (χ1v) is 10.00. The zero-order valence-corrected chi connectivity index (χ0v) is 17.0. The predicted molar refractivity (Wildman–Crippen MR) is 105 cm³/mol. The molecule has 0 aromatic heterocycles. The van der Waals surface area contributed by atoms with Gasteiger partial charge < -0.3 is 10.1 Å². The summed E-state index contributed by atoms with van der Waals surface area (Å²) < 4.78 is 5.81. The maximum Gasteiger partial charge on any atom is 0.411 e. The van der Waals surface area contributed by atoms with E-state index in [9.17, 15) is 4.79 Å². The summed E-state index contributed by atoms with van der Waals surface area (Å²) in [4.78, 5) is 15.2. The maximum absolute atomic E-state index is 13.1. The molecule has 1 aromatic carbocycles. The molecule has 0 spiro atoms. The Bertz CT molecular complexity index is 635. The number of benzene rings is 1. The molecule has 2 saturated carbocycles. The highest BCUT2D eigenvalue weighted by atomic mass is 16.6. The van der Waals surface area contributed by atoms with Gasteiger partial charge in [0.15, 0.2) is 0 Å². The van der Waals surface area contributed by atoms with Gasteiger partial charge in [-0.25, -0.2) is 4.79 Å². The normalized spacial score (nSPS) is 30.4. The molecule has 0 heterocycles. The van der Waals surface area contributed by atoms with Gasteiger partial charge in [-0.05, 0) is 65.5 Å². The van der Waals surface area contributed by atoms with Crippen molar-refractivity contribution < 1.29 is 9.53 Å². The number of nitrogens with zero attached hydrogens (tertiary/aromatic N) is 1. The van der Waals surface area contributed by atoms with Gasteiger partial charge in [-0.3, -0.25) is 4.90 Å². The van der Waals surface area contributed by atoms with Crippen molar-refractivity contribution in [2.24, 2.45) is 5.92 Å². The Morgan fingerprint density at radius 2 is 1.96 bits per heavy atom. The lowest BCUT2D eigenvalue weighted by atomic mass is 9.79. The maximum atomic E-state index is 13.1. The summed E-state index contributed by atoms with van der Waals surface area (Å²) in [5.74, 6) is 0.500. The summed E-state index contributed by atoms with van der Waals surface area (Å²) in [6.45, 7) is 11.9. The van der Waals surface area contributed by atoms with Crippen LogP contribution in [0.3, 0.4) is 0 Å². The quantitative estimate of drug-likeness (QED) is 0.827. The number of ether oxygens (including phenoxy) is 1. The fraction of sp³-hybridized carbons (Fsp3) is 0.682. The van der Waals surface area contributed by atoms with E-state index in [1.165, 1.54) is 6.42 Å². The summed E-state index contributed by atoms with van der Waals surface area (Å²) >= 11 is 0. The van der Waals surface area contributed by atoms with E-state index in [-0.39, 0.29) is 17.2 Å². The van der Waals surface area contributed by atoms with Gasteiger partial charge in [-0.1, -0.05) is 37.3 Å². The molecule has 0 saturated heterocycles. The Morgan fingerprint density at radius 3 is 2.58 bits per heavy atom. The van der Waals surface area contributed by atoms with E-state index >= 15 is 0 Å². The lowest BCUT2D eigenvalue weighted by molar-refractivity contribution is 0.000243. The second kappa shape index (κ2) is 6.88. The number of amides is 1. The largest absolute Gasteiger partial charge is 0.444 e. The summed E-state index contributed by atoms with van der Waals surface area (Å²) in [6, 6.07) is 10.3. The number of carbonyl (C=O) groups is 1. The molecule has 3 rings (SSSR count). The van der Waals surface area contributed by atoms with Gasteiger partial charge in [0, 0.05) is 18.0 Å². The third-order valence-corrected chi connectivity index (χ3v) is 6.04. The molecular formula is C22H34N2O2. The van der Waals surface area contributed by atoms with E-state index in [0.29, 0.717) is 12.5 Å². The molecule has 2 aliphatic carbocycles. The van der Waals surface area contributed by atoms with Crippen LogP contribution in [0.25, 0.3) is 0 Å². The molecule has 0 bridgehead atoms. The van der Waals surface area contributed by atoms with Crippen LogP contribution < -0.4 is 5.32 Å². The third kappa shape index (κ3) is 3.75. The molecule has 4 heteroatoms. The van der Waals surface area contributed by atoms with Gasteiger partial charge in [0.1, 0.15) is 5.60 Å². The Kier molecular flexibility index (Phi) is 5.08. The number of fused-ring (bicyclic) bond motifs is 1. The minimum absolute atomic E-state index is 0.0622. The van der Waals surface area contributed by atoms with Crippen LogP contribution in [0.4, 0.5) is 4.79 Å². The van der Waals surface area contributed by atoms with Gasteiger partial charge in [-0.2, -0.15) is 0 Å². The van der Waals surface area contributed by atoms with Crippen LogP contribution in [0.5, 0.6) is 0 Å². The summed E-state index contributed by atoms with van der Waals surface area (Å²) in [5, 5.41) is 3.70. The first-order valence-electron chi connectivity index (χ1n) is 10.00. The van der Waals surface area contributed by atoms with Crippen molar-refractivity contribution in [1.82, 2.24) is 10.2 Å². The molecule has 0 unspecified atom stereocenters. The molecular weight excluding hydrogens is 324 g/mol. The van der Waals surface area contributed by atoms with Gasteiger partial charge in [0.2, 0.25) is 0 Å². The van der Waals surface area contributed by atoms with Crippen LogP contribution in [-0.2, 0) is 11.3 Å². The van der Waals surface area contributed by atoms with Crippen molar-refractivity contribution in [2.75, 3.05) is 6.54 Å². The van der Waals surface area contributed by atoms with E-state index in [2.05, 4.69) is 31.3 Å². The van der Waals surface area contributed by atoms with Crippen molar-refractivity contribution in [1.29, 1.82) is 0 Å². The zero-order valence-electron chi connectivity index (χ0n) is 17.0. The number of nitrogens with one attached hydrogen (secondary N) is 1. The van der Waals surface area contributed by atoms with Crippen molar-refractivity contribution >= 4 is 6.09 Å². The second-order valence-electron chi connectivity index (χ2n) is 9.21. The summed E-state index contributed by atoms with van der Waals surface area (Å²) in [7, 11) is 0. The molecule has 0 aliphatic heterocycles. The Balaban J connectivity index is 1.87. The summed E-state index contributed by atoms with van der Waals surface area (Å²) in [6.07, 6.45) is 4.30. The first kappa shape index (κ1) is 19.2. The lowest BCUT2D eigenvalue weighted by Crippen LogP contribution is -2.55. The standard InChI is InChI=1S/C22H34N2O2/c1-6-23-21(5)13-10-14-22(15-18(21)22)24(19(25)26-20(2,3)4)16-17-11-8-7-9-12-17/h7-9,11-12,18,23H,6,10,13-16H2,1-5H3/t18-,21-,22-/m0/s1.